The molecule has 1 heterocycles. The van der Waals surface area contributed by atoms with Gasteiger partial charge in [0.2, 0.25) is 0 Å². The Balaban J connectivity index is 1.78. The van der Waals surface area contributed by atoms with Crippen molar-refractivity contribution in [1.29, 1.82) is 0 Å². The molecule has 2 N–H and O–H groups in total. The quantitative estimate of drug-likeness (QED) is 0.314. The molecular formula is C21H25N3OS3. The van der Waals surface area contributed by atoms with E-state index < -0.39 is 0 Å². The van der Waals surface area contributed by atoms with E-state index in [1.807, 2.05) is 12.1 Å². The van der Waals surface area contributed by atoms with Crippen molar-refractivity contribution in [2.75, 3.05) is 24.7 Å². The van der Waals surface area contributed by atoms with E-state index in [-0.39, 0.29) is 6.61 Å². The Bertz CT molecular complexity index is 875. The summed E-state index contributed by atoms with van der Waals surface area (Å²) in [5.41, 5.74) is 2.86. The van der Waals surface area contributed by atoms with Crippen LogP contribution in [0.2, 0.25) is 0 Å². The van der Waals surface area contributed by atoms with Crippen LogP contribution < -0.4 is 5.32 Å². The number of hydrogen-bond donors (Lipinski definition) is 2. The van der Waals surface area contributed by atoms with Gasteiger partial charge in [-0.1, -0.05) is 37.3 Å². The Morgan fingerprint density at radius 2 is 1.64 bits per heavy atom. The number of aliphatic hydroxyl groups excluding tert-OH is 1. The second-order valence-corrected chi connectivity index (χ2v) is 9.17. The smallest absolute Gasteiger partial charge is 0.188 e. The van der Waals surface area contributed by atoms with Crippen LogP contribution in [0.25, 0.3) is 11.3 Å². The van der Waals surface area contributed by atoms with E-state index in [1.54, 1.807) is 23.7 Å². The molecule has 0 radical (unpaired) electrons. The van der Waals surface area contributed by atoms with Crippen molar-refractivity contribution < 1.29 is 5.11 Å². The van der Waals surface area contributed by atoms with Crippen LogP contribution in [-0.2, 0) is 6.61 Å². The highest BCUT2D eigenvalue weighted by atomic mass is 32.2. The van der Waals surface area contributed by atoms with Gasteiger partial charge in [0.1, 0.15) is 0 Å². The van der Waals surface area contributed by atoms with E-state index >= 15 is 0 Å². The average molecular weight is 432 g/mol. The van der Waals surface area contributed by atoms with Crippen LogP contribution in [0.15, 0.2) is 58.3 Å². The molecule has 2 aromatic carbocycles. The third kappa shape index (κ3) is 5.30. The lowest BCUT2D eigenvalue weighted by molar-refractivity contribution is 0.286. The number of aliphatic hydroxyl groups is 1. The highest BCUT2D eigenvalue weighted by molar-refractivity contribution is 7.98. The SMILES string of the molecule is CCN(CC)Sc1ccc(-c2nc(Nc3ccc(SC)cc3)sc2CO)cc1. The maximum atomic E-state index is 9.79. The molecule has 28 heavy (non-hydrogen) atoms. The van der Waals surface area contributed by atoms with E-state index in [2.05, 4.69) is 66.1 Å². The molecule has 148 valence electrons. The zero-order valence-corrected chi connectivity index (χ0v) is 18.8. The molecule has 3 rings (SSSR count). The molecule has 0 amide bonds. The summed E-state index contributed by atoms with van der Waals surface area (Å²) < 4.78 is 2.31. The standard InChI is InChI=1S/C21H25N3OS3/c1-4-24(5-2)28-18-10-6-15(7-11-18)20-19(14-25)27-21(23-20)22-16-8-12-17(26-3)13-9-16/h6-13,25H,4-5,14H2,1-3H3,(H,22,23). The lowest BCUT2D eigenvalue weighted by atomic mass is 10.1. The van der Waals surface area contributed by atoms with E-state index in [1.165, 1.54) is 21.1 Å². The Labute approximate surface area is 179 Å². The fourth-order valence-electron chi connectivity index (χ4n) is 2.71. The molecule has 3 aromatic rings. The number of thioether (sulfide) groups is 1. The van der Waals surface area contributed by atoms with Gasteiger partial charge in [0.05, 0.1) is 17.2 Å². The van der Waals surface area contributed by atoms with Gasteiger partial charge in [-0.15, -0.1) is 11.8 Å². The van der Waals surface area contributed by atoms with Crippen LogP contribution in [0.1, 0.15) is 18.7 Å². The van der Waals surface area contributed by atoms with Crippen LogP contribution in [0.5, 0.6) is 0 Å². The van der Waals surface area contributed by atoms with Gasteiger partial charge in [-0.3, -0.25) is 0 Å². The van der Waals surface area contributed by atoms with Gasteiger partial charge >= 0.3 is 0 Å². The number of thiazole rings is 1. The molecule has 0 saturated heterocycles. The average Bonchev–Trinajstić information content (AvgIpc) is 3.15. The number of hydrogen-bond acceptors (Lipinski definition) is 7. The van der Waals surface area contributed by atoms with Crippen molar-refractivity contribution in [3.63, 3.8) is 0 Å². The first-order valence-corrected chi connectivity index (χ1v) is 12.0. The van der Waals surface area contributed by atoms with Gasteiger partial charge in [-0.25, -0.2) is 9.29 Å². The van der Waals surface area contributed by atoms with Gasteiger partial charge < -0.3 is 10.4 Å². The van der Waals surface area contributed by atoms with Crippen LogP contribution in [0.3, 0.4) is 0 Å². The largest absolute Gasteiger partial charge is 0.391 e. The normalized spacial score (nSPS) is 11.2. The Morgan fingerprint density at radius 1 is 1.00 bits per heavy atom. The first-order chi connectivity index (χ1) is 13.7. The second-order valence-electron chi connectivity index (χ2n) is 6.03. The molecule has 0 atom stereocenters. The highest BCUT2D eigenvalue weighted by Crippen LogP contribution is 2.34. The van der Waals surface area contributed by atoms with E-state index in [0.717, 1.165) is 40.0 Å². The Kier molecular flexibility index (Phi) is 7.82. The van der Waals surface area contributed by atoms with Gasteiger partial charge in [0.15, 0.2) is 5.13 Å². The summed E-state index contributed by atoms with van der Waals surface area (Å²) in [7, 11) is 0. The van der Waals surface area contributed by atoms with Crippen molar-refractivity contribution in [3.05, 3.63) is 53.4 Å². The van der Waals surface area contributed by atoms with Crippen molar-refractivity contribution >= 4 is 45.9 Å². The lowest BCUT2D eigenvalue weighted by Crippen LogP contribution is -2.13. The van der Waals surface area contributed by atoms with E-state index in [9.17, 15) is 5.11 Å². The predicted octanol–water partition coefficient (Wildman–Crippen LogP) is 6.12. The summed E-state index contributed by atoms with van der Waals surface area (Å²) in [5, 5.41) is 13.9. The van der Waals surface area contributed by atoms with Crippen molar-refractivity contribution in [3.8, 4) is 11.3 Å². The second kappa shape index (κ2) is 10.3. The monoisotopic (exact) mass is 431 g/mol. The van der Waals surface area contributed by atoms with E-state index in [0.29, 0.717) is 0 Å². The molecule has 0 unspecified atom stereocenters. The van der Waals surface area contributed by atoms with Crippen molar-refractivity contribution in [1.82, 2.24) is 9.29 Å². The highest BCUT2D eigenvalue weighted by Gasteiger charge is 2.13. The zero-order chi connectivity index (χ0) is 19.9. The predicted molar refractivity (Wildman–Crippen MR) is 124 cm³/mol. The van der Waals surface area contributed by atoms with Crippen LogP contribution in [-0.4, -0.2) is 33.7 Å². The van der Waals surface area contributed by atoms with Gasteiger partial charge in [-0.2, -0.15) is 0 Å². The summed E-state index contributed by atoms with van der Waals surface area (Å²) in [4.78, 5) is 8.04. The molecule has 4 nitrogen and oxygen atoms in total. The number of benzene rings is 2. The van der Waals surface area contributed by atoms with Gasteiger partial charge in [0, 0.05) is 34.1 Å². The summed E-state index contributed by atoms with van der Waals surface area (Å²) in [6.45, 7) is 6.33. The maximum Gasteiger partial charge on any atom is 0.188 e. The number of nitrogens with zero attached hydrogens (tertiary/aromatic N) is 2. The Hall–Kier alpha value is -1.51. The topological polar surface area (TPSA) is 48.4 Å². The van der Waals surface area contributed by atoms with Gasteiger partial charge in [0.25, 0.3) is 0 Å². The molecular weight excluding hydrogens is 406 g/mol. The summed E-state index contributed by atoms with van der Waals surface area (Å²) >= 11 is 4.98. The molecule has 1 aromatic heterocycles. The first kappa shape index (κ1) is 21.2. The maximum absolute atomic E-state index is 9.79. The fourth-order valence-corrected chi connectivity index (χ4v) is 4.80. The Morgan fingerprint density at radius 3 is 2.21 bits per heavy atom. The van der Waals surface area contributed by atoms with Crippen molar-refractivity contribution in [2.24, 2.45) is 0 Å². The molecule has 0 fully saturated rings. The van der Waals surface area contributed by atoms with Crippen molar-refractivity contribution in [2.45, 2.75) is 30.2 Å². The third-order valence-electron chi connectivity index (χ3n) is 4.25. The lowest BCUT2D eigenvalue weighted by Gasteiger charge is -2.16. The summed E-state index contributed by atoms with van der Waals surface area (Å²) in [5.74, 6) is 0. The molecule has 0 aliphatic rings. The van der Waals surface area contributed by atoms with Crippen LogP contribution >= 0.6 is 35.0 Å². The molecule has 0 bridgehead atoms. The minimum absolute atomic E-state index is 0.0178. The number of aromatic nitrogens is 1. The molecule has 0 aliphatic carbocycles. The summed E-state index contributed by atoms with van der Waals surface area (Å²) in [6, 6.07) is 16.7. The van der Waals surface area contributed by atoms with Gasteiger partial charge in [-0.05, 0) is 54.6 Å². The molecule has 0 spiro atoms. The number of anilines is 2. The third-order valence-corrected chi connectivity index (χ3v) is 7.21. The zero-order valence-electron chi connectivity index (χ0n) is 16.3. The molecule has 0 saturated carbocycles. The van der Waals surface area contributed by atoms with Crippen LogP contribution in [0.4, 0.5) is 10.8 Å². The van der Waals surface area contributed by atoms with E-state index in [4.69, 9.17) is 4.98 Å². The summed E-state index contributed by atoms with van der Waals surface area (Å²) in [6.07, 6.45) is 2.06. The fraction of sp³-hybridized carbons (Fsp3) is 0.286. The minimum atomic E-state index is -0.0178. The molecule has 0 aliphatic heterocycles. The first-order valence-electron chi connectivity index (χ1n) is 9.21. The minimum Gasteiger partial charge on any atom is -0.391 e. The number of rotatable bonds is 9. The van der Waals surface area contributed by atoms with Crippen LogP contribution in [0, 0.1) is 0 Å². The molecule has 7 heteroatoms. The number of nitrogens with one attached hydrogen (secondary N) is 1.